The van der Waals surface area contributed by atoms with Crippen molar-refractivity contribution < 1.29 is 33.6 Å². The molecule has 3 aromatic carbocycles. The van der Waals surface area contributed by atoms with Gasteiger partial charge in [0, 0.05) is 19.7 Å². The van der Waals surface area contributed by atoms with Crippen molar-refractivity contribution >= 4 is 29.1 Å². The second-order valence-corrected chi connectivity index (χ2v) is 8.92. The number of rotatable bonds is 10. The molecule has 1 fully saturated rings. The van der Waals surface area contributed by atoms with Crippen LogP contribution in [0, 0.1) is 0 Å². The molecule has 1 aliphatic heterocycles. The Balaban J connectivity index is 1.75. The zero-order chi connectivity index (χ0) is 27.2. The van der Waals surface area contributed by atoms with Crippen LogP contribution in [-0.2, 0) is 20.9 Å². The Hall–Kier alpha value is -4.01. The van der Waals surface area contributed by atoms with Gasteiger partial charge in [0.25, 0.3) is 11.7 Å². The molecule has 0 bridgehead atoms. The van der Waals surface area contributed by atoms with Gasteiger partial charge in [-0.3, -0.25) is 9.59 Å². The van der Waals surface area contributed by atoms with Crippen LogP contribution in [0.4, 0.5) is 0 Å². The number of carbonyl (C=O) groups excluding carboxylic acids is 2. The van der Waals surface area contributed by atoms with Crippen LogP contribution in [0.15, 0.2) is 72.3 Å². The molecule has 38 heavy (non-hydrogen) atoms. The summed E-state index contributed by atoms with van der Waals surface area (Å²) in [5, 5.41) is 11.7. The smallest absolute Gasteiger partial charge is 0.295 e. The molecule has 0 aliphatic carbocycles. The lowest BCUT2D eigenvalue weighted by atomic mass is 9.95. The van der Waals surface area contributed by atoms with Crippen molar-refractivity contribution in [3.05, 3.63) is 94.0 Å². The highest BCUT2D eigenvalue weighted by atomic mass is 35.5. The van der Waals surface area contributed by atoms with E-state index in [-0.39, 0.29) is 40.8 Å². The molecule has 1 atom stereocenters. The molecule has 1 N–H and O–H groups in total. The Kier molecular flexibility index (Phi) is 8.55. The topological polar surface area (TPSA) is 94.5 Å². The molecule has 1 heterocycles. The SMILES string of the molecule is COCCN1C(=O)C(=O)/C(=C(/O)c2cc(OC)c(Cl)cc2OC)C1c1ccc(OCc2ccccc2)cc1. The molecule has 0 saturated carbocycles. The van der Waals surface area contributed by atoms with E-state index >= 15 is 0 Å². The Morgan fingerprint density at radius 3 is 2.26 bits per heavy atom. The first-order chi connectivity index (χ1) is 18.4. The maximum Gasteiger partial charge on any atom is 0.295 e. The van der Waals surface area contributed by atoms with Gasteiger partial charge in [0.15, 0.2) is 0 Å². The number of Topliss-reactive ketones (excluding diaryl/α,β-unsaturated/α-hetero) is 1. The van der Waals surface area contributed by atoms with Gasteiger partial charge in [-0.25, -0.2) is 0 Å². The molecule has 9 heteroatoms. The van der Waals surface area contributed by atoms with E-state index in [1.54, 1.807) is 24.3 Å². The molecular weight excluding hydrogens is 510 g/mol. The Bertz CT molecular complexity index is 1340. The van der Waals surface area contributed by atoms with E-state index in [4.69, 9.17) is 30.5 Å². The molecule has 1 saturated heterocycles. The number of hydrogen-bond acceptors (Lipinski definition) is 7. The molecule has 4 rings (SSSR count). The van der Waals surface area contributed by atoms with Crippen LogP contribution in [-0.4, -0.2) is 56.2 Å². The number of aliphatic hydroxyl groups is 1. The molecule has 0 aromatic heterocycles. The first-order valence-corrected chi connectivity index (χ1v) is 12.2. The minimum Gasteiger partial charge on any atom is -0.507 e. The van der Waals surface area contributed by atoms with Gasteiger partial charge in [-0.1, -0.05) is 54.1 Å². The van der Waals surface area contributed by atoms with Crippen LogP contribution in [0.1, 0.15) is 22.7 Å². The number of ether oxygens (including phenoxy) is 4. The second-order valence-electron chi connectivity index (χ2n) is 8.52. The quantitative estimate of drug-likeness (QED) is 0.221. The van der Waals surface area contributed by atoms with E-state index < -0.39 is 23.5 Å². The summed E-state index contributed by atoms with van der Waals surface area (Å²) in [5.74, 6) is -0.833. The van der Waals surface area contributed by atoms with Gasteiger partial charge in [0.05, 0.1) is 43.0 Å². The predicted octanol–water partition coefficient (Wildman–Crippen LogP) is 5.00. The summed E-state index contributed by atoms with van der Waals surface area (Å²) < 4.78 is 21.7. The summed E-state index contributed by atoms with van der Waals surface area (Å²) in [6.07, 6.45) is 0. The van der Waals surface area contributed by atoms with E-state index in [0.717, 1.165) is 5.56 Å². The van der Waals surface area contributed by atoms with E-state index in [0.29, 0.717) is 17.9 Å². The van der Waals surface area contributed by atoms with Gasteiger partial charge in [-0.2, -0.15) is 0 Å². The van der Waals surface area contributed by atoms with Crippen molar-refractivity contribution in [3.8, 4) is 17.2 Å². The van der Waals surface area contributed by atoms with Crippen molar-refractivity contribution in [2.75, 3.05) is 34.5 Å². The maximum absolute atomic E-state index is 13.3. The van der Waals surface area contributed by atoms with Gasteiger partial charge in [0.1, 0.15) is 29.6 Å². The number of methoxy groups -OCH3 is 3. The molecule has 0 radical (unpaired) electrons. The predicted molar refractivity (Wildman–Crippen MR) is 143 cm³/mol. The number of halogens is 1. The number of nitrogens with zero attached hydrogens (tertiary/aromatic N) is 1. The molecule has 1 unspecified atom stereocenters. The van der Waals surface area contributed by atoms with Crippen LogP contribution in [0.3, 0.4) is 0 Å². The fourth-order valence-corrected chi connectivity index (χ4v) is 4.56. The average molecular weight is 538 g/mol. The lowest BCUT2D eigenvalue weighted by Crippen LogP contribution is -2.32. The fourth-order valence-electron chi connectivity index (χ4n) is 4.32. The third-order valence-electron chi connectivity index (χ3n) is 6.25. The fraction of sp³-hybridized carbons (Fsp3) is 0.241. The van der Waals surface area contributed by atoms with E-state index in [1.807, 2.05) is 30.3 Å². The first kappa shape index (κ1) is 27.0. The number of ketones is 1. The summed E-state index contributed by atoms with van der Waals surface area (Å²) in [5.41, 5.74) is 1.74. The van der Waals surface area contributed by atoms with Crippen LogP contribution in [0.5, 0.6) is 17.2 Å². The van der Waals surface area contributed by atoms with Crippen LogP contribution >= 0.6 is 11.6 Å². The van der Waals surface area contributed by atoms with Gasteiger partial charge in [-0.05, 0) is 29.3 Å². The molecular formula is C29H28ClNO7. The molecule has 8 nitrogen and oxygen atoms in total. The van der Waals surface area contributed by atoms with E-state index in [1.165, 1.54) is 38.4 Å². The Morgan fingerprint density at radius 1 is 0.947 bits per heavy atom. The Morgan fingerprint density at radius 2 is 1.63 bits per heavy atom. The summed E-state index contributed by atoms with van der Waals surface area (Å²) in [6.45, 7) is 0.750. The molecule has 198 valence electrons. The highest BCUT2D eigenvalue weighted by molar-refractivity contribution is 6.46. The van der Waals surface area contributed by atoms with Gasteiger partial charge >= 0.3 is 0 Å². The Labute approximate surface area is 225 Å². The average Bonchev–Trinajstić information content (AvgIpc) is 3.20. The number of likely N-dealkylation sites (tertiary alicyclic amines) is 1. The van der Waals surface area contributed by atoms with Crippen molar-refractivity contribution in [1.29, 1.82) is 0 Å². The standard InChI is InChI=1S/C29H28ClNO7/c1-35-14-13-31-26(19-9-11-20(12-10-19)38-17-18-7-5-4-6-8-18)25(28(33)29(31)34)27(32)21-15-24(37-3)22(30)16-23(21)36-2/h4-12,15-16,26,32H,13-14,17H2,1-3H3/b27-25+. The largest absolute Gasteiger partial charge is 0.507 e. The van der Waals surface area contributed by atoms with Gasteiger partial charge in [-0.15, -0.1) is 0 Å². The summed E-state index contributed by atoms with van der Waals surface area (Å²) in [7, 11) is 4.36. The van der Waals surface area contributed by atoms with Crippen molar-refractivity contribution in [2.24, 2.45) is 0 Å². The minimum atomic E-state index is -0.861. The number of hydrogen-bond donors (Lipinski definition) is 1. The van der Waals surface area contributed by atoms with Gasteiger partial charge < -0.3 is 29.0 Å². The molecule has 1 amide bonds. The highest BCUT2D eigenvalue weighted by Gasteiger charge is 2.46. The van der Waals surface area contributed by atoms with Crippen molar-refractivity contribution in [2.45, 2.75) is 12.6 Å². The van der Waals surface area contributed by atoms with E-state index in [9.17, 15) is 14.7 Å². The lowest BCUT2D eigenvalue weighted by molar-refractivity contribution is -0.140. The summed E-state index contributed by atoms with van der Waals surface area (Å²) in [4.78, 5) is 27.7. The molecule has 3 aromatic rings. The number of aliphatic hydroxyl groups excluding tert-OH is 1. The summed E-state index contributed by atoms with van der Waals surface area (Å²) in [6, 6.07) is 18.9. The van der Waals surface area contributed by atoms with Crippen LogP contribution in [0.2, 0.25) is 5.02 Å². The number of carbonyl (C=O) groups is 2. The second kappa shape index (κ2) is 12.0. The van der Waals surface area contributed by atoms with Crippen LogP contribution in [0.25, 0.3) is 5.76 Å². The van der Waals surface area contributed by atoms with E-state index in [2.05, 4.69) is 0 Å². The van der Waals surface area contributed by atoms with Gasteiger partial charge in [0.2, 0.25) is 0 Å². The lowest BCUT2D eigenvalue weighted by Gasteiger charge is -2.25. The highest BCUT2D eigenvalue weighted by Crippen LogP contribution is 2.43. The van der Waals surface area contributed by atoms with Crippen molar-refractivity contribution in [1.82, 2.24) is 4.90 Å². The summed E-state index contributed by atoms with van der Waals surface area (Å²) >= 11 is 6.22. The monoisotopic (exact) mass is 537 g/mol. The van der Waals surface area contributed by atoms with Crippen LogP contribution < -0.4 is 14.2 Å². The number of amides is 1. The maximum atomic E-state index is 13.3. The molecule has 1 aliphatic rings. The first-order valence-electron chi connectivity index (χ1n) is 11.9. The molecule has 0 spiro atoms. The minimum absolute atomic E-state index is 0.0771. The van der Waals surface area contributed by atoms with Crippen molar-refractivity contribution in [3.63, 3.8) is 0 Å². The zero-order valence-corrected chi connectivity index (χ0v) is 22.0. The normalized spacial score (nSPS) is 16.5. The number of benzene rings is 3. The third-order valence-corrected chi connectivity index (χ3v) is 6.54. The third kappa shape index (κ3) is 5.46. The zero-order valence-electron chi connectivity index (χ0n) is 21.3.